The van der Waals surface area contributed by atoms with Crippen molar-refractivity contribution >= 4 is 16.6 Å². The number of hydrogen-bond acceptors (Lipinski definition) is 4. The molecule has 3 aliphatic heterocycles. The van der Waals surface area contributed by atoms with Crippen LogP contribution >= 0.6 is 0 Å². The van der Waals surface area contributed by atoms with Gasteiger partial charge in [-0.15, -0.1) is 0 Å². The Morgan fingerprint density at radius 2 is 1.92 bits per heavy atom. The van der Waals surface area contributed by atoms with E-state index in [-0.39, 0.29) is 6.04 Å². The zero-order valence-corrected chi connectivity index (χ0v) is 23.3. The zero-order valence-electron chi connectivity index (χ0n) is 23.3. The molecule has 5 heteroatoms. The van der Waals surface area contributed by atoms with Crippen LogP contribution in [0, 0.1) is 5.92 Å². The van der Waals surface area contributed by atoms with Crippen LogP contribution in [0.5, 0.6) is 0 Å². The molecule has 2 aromatic rings. The van der Waals surface area contributed by atoms with Gasteiger partial charge in [0.1, 0.15) is 5.65 Å². The topological polar surface area (TPSA) is 50.3 Å². The Hall–Kier alpha value is -2.79. The molecule has 5 heterocycles. The molecule has 196 valence electrons. The summed E-state index contributed by atoms with van der Waals surface area (Å²) in [6.07, 6.45) is 11.7. The van der Waals surface area contributed by atoms with E-state index in [1.807, 2.05) is 0 Å². The highest BCUT2D eigenvalue weighted by atomic mass is 15.3. The minimum absolute atomic E-state index is 0.264. The summed E-state index contributed by atoms with van der Waals surface area (Å²) < 4.78 is 2.50. The van der Waals surface area contributed by atoms with Gasteiger partial charge in [0.2, 0.25) is 0 Å². The van der Waals surface area contributed by atoms with E-state index < -0.39 is 0 Å². The first-order valence-corrected chi connectivity index (χ1v) is 14.4. The van der Waals surface area contributed by atoms with Crippen LogP contribution in [0.2, 0.25) is 0 Å². The van der Waals surface area contributed by atoms with Gasteiger partial charge >= 0.3 is 0 Å². The molecule has 0 aromatic carbocycles. The number of aryl methyl sites for hydroxylation is 1. The molecule has 2 saturated heterocycles. The van der Waals surface area contributed by atoms with Crippen LogP contribution in [0.1, 0.15) is 78.1 Å². The summed E-state index contributed by atoms with van der Waals surface area (Å²) in [6, 6.07) is 8.42. The smallest absolute Gasteiger partial charge is 0.140 e. The first-order valence-electron chi connectivity index (χ1n) is 14.4. The van der Waals surface area contributed by atoms with Gasteiger partial charge in [-0.05, 0) is 101 Å². The van der Waals surface area contributed by atoms with E-state index in [1.165, 1.54) is 58.6 Å². The van der Waals surface area contributed by atoms with Gasteiger partial charge in [-0.1, -0.05) is 26.5 Å². The van der Waals surface area contributed by atoms with Gasteiger partial charge in [-0.3, -0.25) is 0 Å². The molecule has 4 atom stereocenters. The molecule has 2 N–H and O–H groups in total. The molecule has 0 radical (unpaired) electrons. The van der Waals surface area contributed by atoms with Crippen LogP contribution in [0.3, 0.4) is 0 Å². The van der Waals surface area contributed by atoms with Gasteiger partial charge in [-0.25, -0.2) is 4.98 Å². The molecule has 37 heavy (non-hydrogen) atoms. The van der Waals surface area contributed by atoms with Gasteiger partial charge in [0.05, 0.1) is 0 Å². The third-order valence-electron chi connectivity index (χ3n) is 9.36. The van der Waals surface area contributed by atoms with E-state index in [9.17, 15) is 0 Å². The minimum Gasteiger partial charge on any atom is -0.364 e. The predicted molar refractivity (Wildman–Crippen MR) is 154 cm³/mol. The van der Waals surface area contributed by atoms with Crippen LogP contribution in [0.25, 0.3) is 16.6 Å². The summed E-state index contributed by atoms with van der Waals surface area (Å²) in [7, 11) is 0. The van der Waals surface area contributed by atoms with E-state index in [2.05, 4.69) is 85.9 Å². The van der Waals surface area contributed by atoms with Crippen molar-refractivity contribution in [3.63, 3.8) is 0 Å². The van der Waals surface area contributed by atoms with Crippen molar-refractivity contribution in [3.05, 3.63) is 71.0 Å². The quantitative estimate of drug-likeness (QED) is 0.460. The largest absolute Gasteiger partial charge is 0.364 e. The van der Waals surface area contributed by atoms with Crippen LogP contribution in [0.4, 0.5) is 0 Å². The molecular formula is C32H43N5. The highest BCUT2D eigenvalue weighted by Crippen LogP contribution is 2.45. The van der Waals surface area contributed by atoms with Gasteiger partial charge in [0.25, 0.3) is 0 Å². The Morgan fingerprint density at radius 1 is 1.14 bits per heavy atom. The fourth-order valence-electron chi connectivity index (χ4n) is 6.92. The molecule has 2 bridgehead atoms. The summed E-state index contributed by atoms with van der Waals surface area (Å²) >= 11 is 0. The Labute approximate surface area is 222 Å². The average molecular weight is 498 g/mol. The van der Waals surface area contributed by atoms with E-state index in [4.69, 9.17) is 10.7 Å². The maximum Gasteiger partial charge on any atom is 0.140 e. The molecule has 4 unspecified atom stereocenters. The van der Waals surface area contributed by atoms with Crippen molar-refractivity contribution in [1.82, 2.24) is 19.4 Å². The highest BCUT2D eigenvalue weighted by Gasteiger charge is 2.50. The number of allylic oxidation sites excluding steroid dienone is 4. The number of nitrogens with zero attached hydrogens (tertiary/aromatic N) is 4. The van der Waals surface area contributed by atoms with E-state index in [1.54, 1.807) is 0 Å². The van der Waals surface area contributed by atoms with Crippen molar-refractivity contribution in [3.8, 4) is 0 Å². The number of rotatable bonds is 8. The van der Waals surface area contributed by atoms with E-state index in [0.29, 0.717) is 18.1 Å². The van der Waals surface area contributed by atoms with Crippen molar-refractivity contribution in [2.24, 2.45) is 11.7 Å². The Morgan fingerprint density at radius 3 is 2.54 bits per heavy atom. The van der Waals surface area contributed by atoms with Gasteiger partial charge < -0.3 is 20.1 Å². The molecule has 5 nitrogen and oxygen atoms in total. The number of pyridine rings is 1. The van der Waals surface area contributed by atoms with Crippen molar-refractivity contribution < 1.29 is 0 Å². The van der Waals surface area contributed by atoms with Crippen LogP contribution in [0.15, 0.2) is 59.6 Å². The van der Waals surface area contributed by atoms with Gasteiger partial charge in [0.15, 0.2) is 0 Å². The SMILES string of the molecule is C=C(C1=CC(C)N(/C(C)=C(\C)c2cc3ccc(CC)nc3n2CC2CC2)C(CC)=C1)N1C2CC(N)C1C2. The lowest BCUT2D eigenvalue weighted by atomic mass is 9.94. The van der Waals surface area contributed by atoms with Crippen LogP contribution < -0.4 is 5.73 Å². The second-order valence-corrected chi connectivity index (χ2v) is 11.8. The normalized spacial score (nSPS) is 27.7. The van der Waals surface area contributed by atoms with Crippen LogP contribution in [-0.4, -0.2) is 43.5 Å². The second kappa shape index (κ2) is 9.20. The molecule has 0 amide bonds. The fourth-order valence-corrected chi connectivity index (χ4v) is 6.92. The predicted octanol–water partition coefficient (Wildman–Crippen LogP) is 6.37. The zero-order chi connectivity index (χ0) is 26.0. The Kier molecular flexibility index (Phi) is 6.10. The maximum absolute atomic E-state index is 6.36. The molecule has 5 aliphatic rings. The first-order chi connectivity index (χ1) is 17.8. The summed E-state index contributed by atoms with van der Waals surface area (Å²) in [5.74, 6) is 0.788. The lowest BCUT2D eigenvalue weighted by Gasteiger charge is -2.46. The minimum atomic E-state index is 0.264. The van der Waals surface area contributed by atoms with Gasteiger partial charge in [0, 0.05) is 64.6 Å². The van der Waals surface area contributed by atoms with Crippen molar-refractivity contribution in [1.29, 1.82) is 0 Å². The fraction of sp³-hybridized carbons (Fsp3) is 0.531. The molecular weight excluding hydrogens is 454 g/mol. The van der Waals surface area contributed by atoms with Crippen molar-refractivity contribution in [2.45, 2.75) is 104 Å². The highest BCUT2D eigenvalue weighted by molar-refractivity contribution is 5.83. The van der Waals surface area contributed by atoms with Crippen LogP contribution in [-0.2, 0) is 13.0 Å². The molecule has 2 aliphatic carbocycles. The van der Waals surface area contributed by atoms with E-state index in [0.717, 1.165) is 43.1 Å². The lowest BCUT2D eigenvalue weighted by Crippen LogP contribution is -2.51. The molecule has 0 spiro atoms. The van der Waals surface area contributed by atoms with Gasteiger partial charge in [-0.2, -0.15) is 0 Å². The standard InChI is InChI=1S/C32H43N5/c1-7-26-12-11-24-15-30(35(32(24)34-26)18-23-9-10-23)20(4)21(5)36-19(3)13-25(14-27(36)8-2)22(6)37-28-16-29(33)31(37)17-28/h11-15,19,23,28-29,31H,6-10,16-18,33H2,1-5H3/b21-20+. The number of nitrogens with two attached hydrogens (primary N) is 1. The average Bonchev–Trinajstić information content (AvgIpc) is 3.40. The summed E-state index contributed by atoms with van der Waals surface area (Å²) in [4.78, 5) is 10.1. The molecule has 4 fully saturated rings. The Bertz CT molecular complexity index is 1340. The molecule has 2 saturated carbocycles. The van der Waals surface area contributed by atoms with Crippen molar-refractivity contribution in [2.75, 3.05) is 0 Å². The summed E-state index contributed by atoms with van der Waals surface area (Å²) in [5, 5.41) is 1.25. The second-order valence-electron chi connectivity index (χ2n) is 11.8. The summed E-state index contributed by atoms with van der Waals surface area (Å²) in [5.41, 5.74) is 16.4. The van der Waals surface area contributed by atoms with E-state index >= 15 is 0 Å². The lowest BCUT2D eigenvalue weighted by molar-refractivity contribution is 0.124. The monoisotopic (exact) mass is 497 g/mol. The first kappa shape index (κ1) is 24.5. The number of aromatic nitrogens is 2. The summed E-state index contributed by atoms with van der Waals surface area (Å²) in [6.45, 7) is 17.0. The maximum atomic E-state index is 6.36. The number of fused-ring (bicyclic) bond motifs is 2. The number of hydrogen-bond donors (Lipinski definition) is 1. The third kappa shape index (κ3) is 4.06. The molecule has 7 rings (SSSR count). The third-order valence-corrected chi connectivity index (χ3v) is 9.36. The molecule has 2 aromatic heterocycles. The Balaban J connectivity index is 1.34.